The molecule has 1 aromatic heterocycles. The summed E-state index contributed by atoms with van der Waals surface area (Å²) in [5.41, 5.74) is -2.62. The van der Waals surface area contributed by atoms with E-state index in [-0.39, 0.29) is 12.3 Å². The lowest BCUT2D eigenvalue weighted by atomic mass is 10.1. The normalized spacial score (nSPS) is 10.7. The molecule has 0 aliphatic carbocycles. The van der Waals surface area contributed by atoms with Crippen molar-refractivity contribution in [2.45, 2.75) is 0 Å². The molecule has 1 aromatic carbocycles. The van der Waals surface area contributed by atoms with Crippen molar-refractivity contribution >= 4 is 39.7 Å². The molecule has 136 valence electrons. The van der Waals surface area contributed by atoms with E-state index in [1.807, 2.05) is 0 Å². The number of hydrogen-bond acceptors (Lipinski definition) is 7. The number of carbonyl (C=O) groups is 1. The van der Waals surface area contributed by atoms with Gasteiger partial charge >= 0.3 is 22.9 Å². The number of methoxy groups -OCH3 is 1. The third-order valence-electron chi connectivity index (χ3n) is 3.10. The summed E-state index contributed by atoms with van der Waals surface area (Å²) in [5, 5.41) is 11.0. The van der Waals surface area contributed by atoms with Crippen LogP contribution in [-0.4, -0.2) is 34.6 Å². The van der Waals surface area contributed by atoms with Crippen LogP contribution >= 0.6 is 15.9 Å². The van der Waals surface area contributed by atoms with Crippen LogP contribution in [0.15, 0.2) is 32.3 Å². The Hall–Kier alpha value is -3.21. The maximum Gasteiger partial charge on any atom is 0.357 e. The Bertz CT molecular complexity index is 993. The average molecular weight is 426 g/mol. The molecule has 0 aliphatic rings. The van der Waals surface area contributed by atoms with Crippen LogP contribution in [0.5, 0.6) is 5.75 Å². The van der Waals surface area contributed by atoms with Crippen LogP contribution < -0.4 is 16.0 Å². The van der Waals surface area contributed by atoms with E-state index in [1.165, 1.54) is 19.3 Å². The Morgan fingerprint density at radius 1 is 1.31 bits per heavy atom. The summed E-state index contributed by atoms with van der Waals surface area (Å²) in [4.78, 5) is 48.3. The van der Waals surface area contributed by atoms with Gasteiger partial charge in [0.25, 0.3) is 0 Å². The van der Waals surface area contributed by atoms with Crippen LogP contribution in [0.3, 0.4) is 0 Å². The van der Waals surface area contributed by atoms with Crippen LogP contribution in [0.2, 0.25) is 0 Å². The fourth-order valence-corrected chi connectivity index (χ4v) is 2.33. The minimum Gasteiger partial charge on any atom is -0.481 e. The van der Waals surface area contributed by atoms with Crippen molar-refractivity contribution in [2.24, 2.45) is 0 Å². The van der Waals surface area contributed by atoms with E-state index in [9.17, 15) is 24.5 Å². The zero-order valence-electron chi connectivity index (χ0n) is 13.3. The summed E-state index contributed by atoms with van der Waals surface area (Å²) in [6.07, 6.45) is 2.59. The van der Waals surface area contributed by atoms with Crippen LogP contribution in [0, 0.1) is 10.1 Å². The number of nitro groups is 1. The van der Waals surface area contributed by atoms with Crippen molar-refractivity contribution in [3.8, 4) is 5.75 Å². The molecule has 0 radical (unpaired) electrons. The maximum atomic E-state index is 11.6. The number of halogens is 1. The van der Waals surface area contributed by atoms with Crippen LogP contribution in [0.4, 0.5) is 5.69 Å². The van der Waals surface area contributed by atoms with Gasteiger partial charge in [0, 0.05) is 10.0 Å². The zero-order chi connectivity index (χ0) is 19.3. The summed E-state index contributed by atoms with van der Waals surface area (Å²) in [6.45, 7) is -0.332. The van der Waals surface area contributed by atoms with Crippen LogP contribution in [0.1, 0.15) is 11.3 Å². The molecule has 0 amide bonds. The fourth-order valence-electron chi connectivity index (χ4n) is 1.95. The molecular formula is C15H12BrN3O7. The molecule has 1 heterocycles. The van der Waals surface area contributed by atoms with E-state index in [2.05, 4.69) is 25.7 Å². The highest BCUT2D eigenvalue weighted by molar-refractivity contribution is 9.10. The van der Waals surface area contributed by atoms with E-state index in [0.717, 1.165) is 0 Å². The monoisotopic (exact) mass is 425 g/mol. The number of H-pyrrole nitrogens is 2. The smallest absolute Gasteiger partial charge is 0.357 e. The Balaban J connectivity index is 2.44. The highest BCUT2D eigenvalue weighted by Crippen LogP contribution is 2.25. The van der Waals surface area contributed by atoms with Gasteiger partial charge in [-0.3, -0.25) is 19.9 Å². The van der Waals surface area contributed by atoms with Gasteiger partial charge in [0.05, 0.1) is 12.0 Å². The fraction of sp³-hybridized carbons (Fsp3) is 0.133. The first kappa shape index (κ1) is 19.1. The summed E-state index contributed by atoms with van der Waals surface area (Å²) < 4.78 is 10.5. The quantitative estimate of drug-likeness (QED) is 0.404. The average Bonchev–Trinajstić information content (AvgIpc) is 2.57. The number of nitrogens with one attached hydrogen (secondary N) is 2. The summed E-state index contributed by atoms with van der Waals surface area (Å²) >= 11 is 3.28. The van der Waals surface area contributed by atoms with E-state index >= 15 is 0 Å². The lowest BCUT2D eigenvalue weighted by Crippen LogP contribution is -2.25. The topological polar surface area (TPSA) is 144 Å². The standard InChI is InChI=1S/C15H12BrN3O7/c1-25-12(20)7-26-11-5-3-9(16)6-8(11)2-4-10-13(19(23)24)14(21)18-15(22)17-10/h2-6H,7H2,1H3,(H2,17,18,21,22)/b4-2-. The van der Waals surface area contributed by atoms with E-state index in [0.29, 0.717) is 15.8 Å². The van der Waals surface area contributed by atoms with Crippen molar-refractivity contribution < 1.29 is 19.2 Å². The highest BCUT2D eigenvalue weighted by Gasteiger charge is 2.19. The Labute approximate surface area is 153 Å². The molecule has 0 saturated carbocycles. The number of aromatic amines is 2. The molecule has 11 heteroatoms. The minimum absolute atomic E-state index is 0.275. The third kappa shape index (κ3) is 4.66. The van der Waals surface area contributed by atoms with E-state index < -0.39 is 27.8 Å². The van der Waals surface area contributed by atoms with Gasteiger partial charge < -0.3 is 14.5 Å². The Kier molecular flexibility index (Phi) is 6.07. The summed E-state index contributed by atoms with van der Waals surface area (Å²) in [5.74, 6) is -0.290. The second-order valence-electron chi connectivity index (χ2n) is 4.81. The second-order valence-corrected chi connectivity index (χ2v) is 5.72. The van der Waals surface area contributed by atoms with Crippen molar-refractivity contribution in [1.29, 1.82) is 0 Å². The number of ether oxygens (including phenoxy) is 2. The molecule has 2 rings (SSSR count). The van der Waals surface area contributed by atoms with Crippen LogP contribution in [-0.2, 0) is 9.53 Å². The van der Waals surface area contributed by atoms with Crippen LogP contribution in [0.25, 0.3) is 12.2 Å². The summed E-state index contributed by atoms with van der Waals surface area (Å²) in [7, 11) is 1.22. The maximum absolute atomic E-state index is 11.6. The highest BCUT2D eigenvalue weighted by atomic mass is 79.9. The van der Waals surface area contributed by atoms with Gasteiger partial charge in [-0.05, 0) is 30.4 Å². The molecule has 0 atom stereocenters. The number of esters is 1. The van der Waals surface area contributed by atoms with Gasteiger partial charge in [0.15, 0.2) is 6.61 Å². The molecule has 10 nitrogen and oxygen atoms in total. The first-order valence-corrected chi connectivity index (χ1v) is 7.79. The third-order valence-corrected chi connectivity index (χ3v) is 3.60. The van der Waals surface area contributed by atoms with Gasteiger partial charge in [-0.1, -0.05) is 15.9 Å². The second kappa shape index (κ2) is 8.25. The van der Waals surface area contributed by atoms with E-state index in [1.54, 1.807) is 23.2 Å². The predicted molar refractivity (Wildman–Crippen MR) is 94.9 cm³/mol. The number of benzene rings is 1. The van der Waals surface area contributed by atoms with Crippen molar-refractivity contribution in [2.75, 3.05) is 13.7 Å². The first-order chi connectivity index (χ1) is 12.3. The molecule has 0 fully saturated rings. The van der Waals surface area contributed by atoms with Gasteiger partial charge in [-0.25, -0.2) is 9.59 Å². The van der Waals surface area contributed by atoms with Gasteiger partial charge in [0.2, 0.25) is 0 Å². The number of aromatic nitrogens is 2. The minimum atomic E-state index is -1.12. The zero-order valence-corrected chi connectivity index (χ0v) is 14.9. The SMILES string of the molecule is COC(=O)COc1ccc(Br)cc1/C=C\c1[nH]c(=O)[nH]c(=O)c1[N+](=O)[O-]. The Morgan fingerprint density at radius 2 is 2.04 bits per heavy atom. The molecule has 0 unspecified atom stereocenters. The molecule has 26 heavy (non-hydrogen) atoms. The molecular weight excluding hydrogens is 414 g/mol. The lowest BCUT2D eigenvalue weighted by molar-refractivity contribution is -0.386. The van der Waals surface area contributed by atoms with E-state index in [4.69, 9.17) is 4.74 Å². The number of hydrogen-bond donors (Lipinski definition) is 2. The predicted octanol–water partition coefficient (Wildman–Crippen LogP) is 1.46. The number of rotatable bonds is 6. The van der Waals surface area contributed by atoms with Gasteiger partial charge in [-0.15, -0.1) is 0 Å². The van der Waals surface area contributed by atoms with Gasteiger partial charge in [-0.2, -0.15) is 0 Å². The molecule has 0 saturated heterocycles. The Morgan fingerprint density at radius 3 is 2.69 bits per heavy atom. The number of carbonyl (C=O) groups excluding carboxylic acids is 1. The van der Waals surface area contributed by atoms with Crippen molar-refractivity contribution in [3.05, 3.63) is 64.9 Å². The first-order valence-electron chi connectivity index (χ1n) is 7.00. The molecule has 0 bridgehead atoms. The van der Waals surface area contributed by atoms with Crippen molar-refractivity contribution in [3.63, 3.8) is 0 Å². The summed E-state index contributed by atoms with van der Waals surface area (Å²) in [6, 6.07) is 4.86. The molecule has 2 aromatic rings. The largest absolute Gasteiger partial charge is 0.481 e. The van der Waals surface area contributed by atoms with Crippen molar-refractivity contribution in [1.82, 2.24) is 9.97 Å². The molecule has 0 aliphatic heterocycles. The lowest BCUT2D eigenvalue weighted by Gasteiger charge is -2.08. The molecule has 2 N–H and O–H groups in total. The molecule has 0 spiro atoms. The number of nitrogens with zero attached hydrogens (tertiary/aromatic N) is 1. The van der Waals surface area contributed by atoms with Gasteiger partial charge in [0.1, 0.15) is 11.4 Å².